The molecule has 8 heteroatoms. The molecule has 194 valence electrons. The molecule has 2 fully saturated rings. The van der Waals surface area contributed by atoms with Crippen LogP contribution in [0.25, 0.3) is 0 Å². The van der Waals surface area contributed by atoms with Gasteiger partial charge in [0.1, 0.15) is 0 Å². The first-order valence-electron chi connectivity index (χ1n) is 12.7. The van der Waals surface area contributed by atoms with Gasteiger partial charge in [-0.25, -0.2) is 0 Å². The minimum Gasteiger partial charge on any atom is -0.465 e. The molecule has 1 aromatic carbocycles. The zero-order valence-corrected chi connectivity index (χ0v) is 22.3. The number of hydrogen-bond acceptors (Lipinski definition) is 6. The van der Waals surface area contributed by atoms with Crippen molar-refractivity contribution in [2.45, 2.75) is 63.8 Å². The molecule has 1 aromatic heterocycles. The third kappa shape index (κ3) is 7.09. The molecule has 1 aliphatic heterocycles. The van der Waals surface area contributed by atoms with E-state index in [0.29, 0.717) is 56.9 Å². The third-order valence-corrected chi connectivity index (χ3v) is 8.48. The number of nitrogens with two attached hydrogens (primary N) is 1. The average Bonchev–Trinajstić information content (AvgIpc) is 3.41. The lowest BCUT2D eigenvalue weighted by molar-refractivity contribution is -0.162. The summed E-state index contributed by atoms with van der Waals surface area (Å²) < 4.78 is 5.94. The highest BCUT2D eigenvalue weighted by atomic mass is 35.5. The lowest BCUT2D eigenvalue weighted by Crippen LogP contribution is -2.52. The molecule has 1 saturated carbocycles. The second-order valence-electron chi connectivity index (χ2n) is 10.1. The molecule has 1 saturated heterocycles. The van der Waals surface area contributed by atoms with Crippen LogP contribution in [0.2, 0.25) is 0 Å². The van der Waals surface area contributed by atoms with Crippen molar-refractivity contribution in [1.29, 1.82) is 5.26 Å². The van der Waals surface area contributed by atoms with Crippen LogP contribution in [0.4, 0.5) is 0 Å². The van der Waals surface area contributed by atoms with E-state index in [9.17, 15) is 9.59 Å². The molecule has 4 rings (SSSR count). The topological polar surface area (TPSA) is 96.4 Å². The molecule has 6 nitrogen and oxygen atoms in total. The fourth-order valence-corrected chi connectivity index (χ4v) is 6.13. The van der Waals surface area contributed by atoms with Gasteiger partial charge in [-0.05, 0) is 67.2 Å². The maximum Gasteiger partial charge on any atom is 0.312 e. The van der Waals surface area contributed by atoms with Crippen LogP contribution in [0.5, 0.6) is 0 Å². The molecule has 2 aliphatic rings. The summed E-state index contributed by atoms with van der Waals surface area (Å²) in [6.07, 6.45) is 8.12. The highest BCUT2D eigenvalue weighted by molar-refractivity contribution is 7.09. The molecular formula is C28H36ClN3O3S. The van der Waals surface area contributed by atoms with Crippen LogP contribution in [-0.2, 0) is 27.2 Å². The van der Waals surface area contributed by atoms with Crippen molar-refractivity contribution in [2.24, 2.45) is 17.1 Å². The summed E-state index contributed by atoms with van der Waals surface area (Å²) in [6.45, 7) is 1.47. The van der Waals surface area contributed by atoms with Crippen molar-refractivity contribution < 1.29 is 14.3 Å². The quantitative estimate of drug-likeness (QED) is 0.491. The van der Waals surface area contributed by atoms with E-state index < -0.39 is 11.5 Å². The molecule has 2 aromatic rings. The highest BCUT2D eigenvalue weighted by Gasteiger charge is 2.44. The van der Waals surface area contributed by atoms with Gasteiger partial charge in [0.2, 0.25) is 5.91 Å². The number of nitriles is 1. The van der Waals surface area contributed by atoms with E-state index in [2.05, 4.69) is 6.07 Å². The first kappa shape index (κ1) is 28.2. The van der Waals surface area contributed by atoms with E-state index in [1.165, 1.54) is 19.3 Å². The van der Waals surface area contributed by atoms with Gasteiger partial charge in [0, 0.05) is 24.4 Å². The standard InChI is InChI=1S/C28H35N3O3S.ClH/c29-19-22-10-8-21(9-11-22)18-28(27(33)34-20-23-5-2-1-3-6-23)12-14-31(15-13-28)26(32)25(30)17-24-7-4-16-35-24;/h4,7-11,16,23,25H,1-3,5-6,12-15,17-18,20,30H2;1H/t25-;/m0./s1. The number of halogens is 1. The molecule has 0 radical (unpaired) electrons. The lowest BCUT2D eigenvalue weighted by Gasteiger charge is -2.41. The molecule has 2 N–H and O–H groups in total. The van der Waals surface area contributed by atoms with Crippen LogP contribution < -0.4 is 5.73 Å². The summed E-state index contributed by atoms with van der Waals surface area (Å²) in [7, 11) is 0. The lowest BCUT2D eigenvalue weighted by atomic mass is 9.73. The first-order chi connectivity index (χ1) is 17.0. The van der Waals surface area contributed by atoms with Crippen LogP contribution >= 0.6 is 23.7 Å². The van der Waals surface area contributed by atoms with Gasteiger partial charge >= 0.3 is 5.97 Å². The summed E-state index contributed by atoms with van der Waals surface area (Å²) in [5.41, 5.74) is 7.18. The number of benzene rings is 1. The molecule has 1 aliphatic carbocycles. The van der Waals surface area contributed by atoms with Crippen molar-refractivity contribution >= 4 is 35.6 Å². The Morgan fingerprint density at radius 2 is 1.83 bits per heavy atom. The molecule has 1 amide bonds. The van der Waals surface area contributed by atoms with E-state index in [4.69, 9.17) is 15.7 Å². The Morgan fingerprint density at radius 3 is 2.44 bits per heavy atom. The number of ether oxygens (including phenoxy) is 1. The Kier molecular flexibility index (Phi) is 10.4. The van der Waals surface area contributed by atoms with E-state index >= 15 is 0 Å². The zero-order chi connectivity index (χ0) is 24.7. The summed E-state index contributed by atoms with van der Waals surface area (Å²) >= 11 is 1.61. The van der Waals surface area contributed by atoms with E-state index in [-0.39, 0.29) is 24.3 Å². The number of nitrogens with zero attached hydrogens (tertiary/aromatic N) is 2. The minimum atomic E-state index is -0.669. The van der Waals surface area contributed by atoms with Crippen LogP contribution in [0.3, 0.4) is 0 Å². The van der Waals surface area contributed by atoms with Crippen LogP contribution in [0.1, 0.15) is 60.9 Å². The molecule has 0 unspecified atom stereocenters. The minimum absolute atomic E-state index is 0. The molecule has 0 spiro atoms. The maximum absolute atomic E-state index is 13.5. The van der Waals surface area contributed by atoms with Crippen molar-refractivity contribution in [3.63, 3.8) is 0 Å². The zero-order valence-electron chi connectivity index (χ0n) is 20.7. The normalized spacial score (nSPS) is 18.5. The number of thiophene rings is 1. The Hall–Kier alpha value is -2.40. The van der Waals surface area contributed by atoms with Gasteiger partial charge < -0.3 is 15.4 Å². The molecule has 1 atom stereocenters. The van der Waals surface area contributed by atoms with Gasteiger partial charge in [0.15, 0.2) is 0 Å². The Labute approximate surface area is 224 Å². The van der Waals surface area contributed by atoms with Gasteiger partial charge in [-0.15, -0.1) is 23.7 Å². The largest absolute Gasteiger partial charge is 0.465 e. The van der Waals surface area contributed by atoms with Gasteiger partial charge in [-0.3, -0.25) is 9.59 Å². The van der Waals surface area contributed by atoms with Crippen molar-refractivity contribution in [3.05, 3.63) is 57.8 Å². The van der Waals surface area contributed by atoms with Crippen molar-refractivity contribution in [1.82, 2.24) is 4.90 Å². The number of likely N-dealkylation sites (tertiary alicyclic amines) is 1. The predicted molar refractivity (Wildman–Crippen MR) is 144 cm³/mol. The van der Waals surface area contributed by atoms with Crippen LogP contribution in [-0.4, -0.2) is 42.5 Å². The Balaban J connectivity index is 0.00000361. The van der Waals surface area contributed by atoms with Gasteiger partial charge in [-0.1, -0.05) is 37.5 Å². The number of piperidine rings is 1. The highest BCUT2D eigenvalue weighted by Crippen LogP contribution is 2.37. The average molecular weight is 530 g/mol. The Bertz CT molecular complexity index is 1020. The molecule has 2 heterocycles. The summed E-state index contributed by atoms with van der Waals surface area (Å²) in [5.74, 6) is 0.250. The molecule has 0 bridgehead atoms. The monoisotopic (exact) mass is 529 g/mol. The predicted octanol–water partition coefficient (Wildman–Crippen LogP) is 4.89. The fourth-order valence-electron chi connectivity index (χ4n) is 5.36. The first-order valence-corrected chi connectivity index (χ1v) is 13.6. The molecular weight excluding hydrogens is 494 g/mol. The smallest absolute Gasteiger partial charge is 0.312 e. The summed E-state index contributed by atoms with van der Waals surface area (Å²) in [6, 6.07) is 13.0. The summed E-state index contributed by atoms with van der Waals surface area (Å²) in [4.78, 5) is 29.4. The van der Waals surface area contributed by atoms with Crippen molar-refractivity contribution in [3.8, 4) is 6.07 Å². The summed E-state index contributed by atoms with van der Waals surface area (Å²) in [5, 5.41) is 11.1. The number of hydrogen-bond donors (Lipinski definition) is 1. The maximum atomic E-state index is 13.5. The Morgan fingerprint density at radius 1 is 1.14 bits per heavy atom. The molecule has 36 heavy (non-hydrogen) atoms. The van der Waals surface area contributed by atoms with Crippen LogP contribution in [0.15, 0.2) is 41.8 Å². The number of esters is 1. The number of rotatable bonds is 8. The van der Waals surface area contributed by atoms with E-state index in [1.54, 1.807) is 23.5 Å². The fraction of sp³-hybridized carbons (Fsp3) is 0.536. The number of carbonyl (C=O) groups is 2. The van der Waals surface area contributed by atoms with Crippen LogP contribution in [0, 0.1) is 22.7 Å². The van der Waals surface area contributed by atoms with Gasteiger partial charge in [0.05, 0.1) is 29.7 Å². The second-order valence-corrected chi connectivity index (χ2v) is 11.1. The second kappa shape index (κ2) is 13.2. The number of carbonyl (C=O) groups excluding carboxylic acids is 2. The van der Waals surface area contributed by atoms with E-state index in [0.717, 1.165) is 23.3 Å². The van der Waals surface area contributed by atoms with E-state index in [1.807, 2.05) is 34.5 Å². The van der Waals surface area contributed by atoms with Gasteiger partial charge in [0.25, 0.3) is 0 Å². The van der Waals surface area contributed by atoms with Crippen molar-refractivity contribution in [2.75, 3.05) is 19.7 Å². The third-order valence-electron chi connectivity index (χ3n) is 7.58. The SMILES string of the molecule is Cl.N#Cc1ccc(CC2(C(=O)OCC3CCCCC3)CCN(C(=O)[C@@H](N)Cc3cccs3)CC2)cc1. The number of amides is 1. The van der Waals surface area contributed by atoms with Gasteiger partial charge in [-0.2, -0.15) is 5.26 Å².